The van der Waals surface area contributed by atoms with Gasteiger partial charge in [-0.2, -0.15) is 0 Å². The van der Waals surface area contributed by atoms with Crippen LogP contribution in [0.2, 0.25) is 0 Å². The van der Waals surface area contributed by atoms with Crippen molar-refractivity contribution in [2.45, 2.75) is 56.8 Å². The quantitative estimate of drug-likeness (QED) is 0.180. The number of ether oxygens (including phenoxy) is 3. The lowest BCUT2D eigenvalue weighted by Crippen LogP contribution is -2.54. The molecule has 0 aromatic carbocycles. The molecule has 0 aliphatic carbocycles. The Morgan fingerprint density at radius 3 is 1.88 bits per heavy atom. The molecule has 42 heavy (non-hydrogen) atoms. The van der Waals surface area contributed by atoms with Gasteiger partial charge in [0.15, 0.2) is 0 Å². The van der Waals surface area contributed by atoms with E-state index in [9.17, 15) is 23.7 Å². The summed E-state index contributed by atoms with van der Waals surface area (Å²) in [6.45, 7) is 3.66. The topological polar surface area (TPSA) is 176 Å². The summed E-state index contributed by atoms with van der Waals surface area (Å²) in [6.07, 6.45) is -2.09. The Morgan fingerprint density at radius 2 is 1.31 bits per heavy atom. The van der Waals surface area contributed by atoms with Crippen molar-refractivity contribution in [1.29, 1.82) is 0 Å². The van der Waals surface area contributed by atoms with E-state index >= 15 is 0 Å². The van der Waals surface area contributed by atoms with Crippen LogP contribution in [0.3, 0.4) is 0 Å². The molecular formula is C24H39B2N4O11P. The van der Waals surface area contributed by atoms with E-state index in [1.807, 2.05) is 6.92 Å². The molecule has 3 fully saturated rings. The van der Waals surface area contributed by atoms with Crippen molar-refractivity contribution in [1.82, 2.24) is 19.1 Å². The monoisotopic (exact) mass is 612 g/mol. The number of amides is 2. The number of carbonyl (C=O) groups excluding carboxylic acids is 2. The molecule has 15 nitrogen and oxygen atoms in total. The van der Waals surface area contributed by atoms with Gasteiger partial charge in [0.1, 0.15) is 15.7 Å². The fraction of sp³-hybridized carbons (Fsp3) is 0.833. The second-order valence-corrected chi connectivity index (χ2v) is 12.7. The molecule has 0 aromatic heterocycles. The Labute approximate surface area is 248 Å². The molecule has 4 radical (unpaired) electrons. The largest absolute Gasteiger partial charge is 0.481 e. The lowest BCUT2D eigenvalue weighted by Gasteiger charge is -2.46. The van der Waals surface area contributed by atoms with Gasteiger partial charge in [-0.3, -0.25) is 23.7 Å². The standard InChI is InChI=1S/C24H39B2N4O11P/c1-2-38-15-18-12-30(14-20(26)41-18)42(37,29-9-7-27(8-10-29)21(31)3-5-23(33)34)39-16-17-11-28(13-19(25)40-17)22(32)4-6-24(35)36/h17-20H,2-16H2,1H3,(H,33,34)(H,35,36). The molecule has 18 heteroatoms. The zero-order valence-electron chi connectivity index (χ0n) is 23.9. The summed E-state index contributed by atoms with van der Waals surface area (Å²) in [7, 11) is 8.35. The summed E-state index contributed by atoms with van der Waals surface area (Å²) in [4.78, 5) is 49.8. The maximum atomic E-state index is 14.8. The average molecular weight is 612 g/mol. The number of carbonyl (C=O) groups is 4. The maximum Gasteiger partial charge on any atom is 0.346 e. The van der Waals surface area contributed by atoms with Gasteiger partial charge < -0.3 is 38.7 Å². The third-order valence-corrected chi connectivity index (χ3v) is 9.72. The van der Waals surface area contributed by atoms with Crippen LogP contribution >= 0.6 is 7.67 Å². The van der Waals surface area contributed by atoms with Crippen LogP contribution in [0.15, 0.2) is 0 Å². The first-order chi connectivity index (χ1) is 19.9. The Hall–Kier alpha value is -2.00. The van der Waals surface area contributed by atoms with Gasteiger partial charge in [-0.15, -0.1) is 0 Å². The third-order valence-electron chi connectivity index (χ3n) is 7.08. The Balaban J connectivity index is 1.72. The van der Waals surface area contributed by atoms with Gasteiger partial charge in [-0.1, -0.05) is 0 Å². The summed E-state index contributed by atoms with van der Waals surface area (Å²) >= 11 is 0. The molecule has 232 valence electrons. The molecule has 5 atom stereocenters. The predicted octanol–water partition coefficient (Wildman–Crippen LogP) is -1.06. The minimum absolute atomic E-state index is 0.0770. The molecule has 2 N–H and O–H groups in total. The molecule has 3 heterocycles. The van der Waals surface area contributed by atoms with Crippen LogP contribution in [0.5, 0.6) is 0 Å². The molecule has 0 spiro atoms. The van der Waals surface area contributed by atoms with E-state index in [4.69, 9.17) is 44.6 Å². The highest BCUT2D eigenvalue weighted by Gasteiger charge is 2.45. The Kier molecular flexibility index (Phi) is 13.3. The summed E-state index contributed by atoms with van der Waals surface area (Å²) < 4.78 is 41.2. The summed E-state index contributed by atoms with van der Waals surface area (Å²) in [6, 6.07) is -1.60. The molecule has 0 saturated carbocycles. The minimum atomic E-state index is -3.80. The van der Waals surface area contributed by atoms with Crippen molar-refractivity contribution in [3.8, 4) is 0 Å². The van der Waals surface area contributed by atoms with E-state index in [1.54, 1.807) is 9.34 Å². The van der Waals surface area contributed by atoms with Gasteiger partial charge in [0.25, 0.3) is 0 Å². The maximum absolute atomic E-state index is 14.8. The van der Waals surface area contributed by atoms with E-state index in [-0.39, 0.29) is 103 Å². The highest BCUT2D eigenvalue weighted by Crippen LogP contribution is 2.55. The van der Waals surface area contributed by atoms with Gasteiger partial charge in [0, 0.05) is 83.8 Å². The van der Waals surface area contributed by atoms with E-state index in [0.29, 0.717) is 6.61 Å². The number of piperazine rings is 1. The molecule has 3 rings (SSSR count). The number of rotatable bonds is 14. The second kappa shape index (κ2) is 16.2. The highest BCUT2D eigenvalue weighted by atomic mass is 31.2. The Morgan fingerprint density at radius 1 is 0.762 bits per heavy atom. The number of carboxylic acids is 2. The van der Waals surface area contributed by atoms with Gasteiger partial charge in [-0.25, -0.2) is 9.34 Å². The van der Waals surface area contributed by atoms with Crippen LogP contribution in [0, 0.1) is 0 Å². The molecule has 3 saturated heterocycles. The second-order valence-electron chi connectivity index (χ2n) is 10.3. The number of nitrogens with zero attached hydrogens (tertiary/aromatic N) is 4. The van der Waals surface area contributed by atoms with Crippen LogP contribution < -0.4 is 0 Å². The zero-order valence-corrected chi connectivity index (χ0v) is 24.8. The third kappa shape index (κ3) is 10.0. The van der Waals surface area contributed by atoms with Gasteiger partial charge in [-0.05, 0) is 6.92 Å². The fourth-order valence-corrected chi connectivity index (χ4v) is 7.51. The first kappa shape index (κ1) is 34.5. The van der Waals surface area contributed by atoms with Crippen LogP contribution in [0.25, 0.3) is 0 Å². The normalized spacial score (nSPS) is 27.4. The van der Waals surface area contributed by atoms with E-state index < -0.39 is 43.8 Å². The van der Waals surface area contributed by atoms with Crippen molar-refractivity contribution in [2.75, 3.05) is 72.2 Å². The zero-order chi connectivity index (χ0) is 30.9. The van der Waals surface area contributed by atoms with Crippen molar-refractivity contribution < 1.29 is 52.7 Å². The van der Waals surface area contributed by atoms with E-state index in [1.165, 1.54) is 9.80 Å². The van der Waals surface area contributed by atoms with Gasteiger partial charge in [0.2, 0.25) is 11.8 Å². The summed E-state index contributed by atoms with van der Waals surface area (Å²) in [5, 5.41) is 17.8. The number of hydrogen-bond acceptors (Lipinski definition) is 9. The first-order valence-electron chi connectivity index (χ1n) is 14.1. The molecular weight excluding hydrogens is 573 g/mol. The predicted molar refractivity (Wildman–Crippen MR) is 149 cm³/mol. The van der Waals surface area contributed by atoms with Crippen LogP contribution in [-0.2, 0) is 42.5 Å². The van der Waals surface area contributed by atoms with Crippen LogP contribution in [-0.4, -0.2) is 165 Å². The highest BCUT2D eigenvalue weighted by molar-refractivity contribution is 7.54. The summed E-state index contributed by atoms with van der Waals surface area (Å²) in [5.74, 6) is -2.82. The lowest BCUT2D eigenvalue weighted by molar-refractivity contribution is -0.146. The molecule has 5 unspecified atom stereocenters. The van der Waals surface area contributed by atoms with Crippen LogP contribution in [0.4, 0.5) is 0 Å². The van der Waals surface area contributed by atoms with Crippen molar-refractivity contribution in [3.63, 3.8) is 0 Å². The molecule has 3 aliphatic rings. The average Bonchev–Trinajstić information content (AvgIpc) is 2.95. The molecule has 2 amide bonds. The Bertz CT molecular complexity index is 1000. The van der Waals surface area contributed by atoms with Gasteiger partial charge >= 0.3 is 19.6 Å². The van der Waals surface area contributed by atoms with Gasteiger partial charge in [0.05, 0.1) is 38.3 Å². The number of carboxylic acid groups (broad SMARTS) is 2. The minimum Gasteiger partial charge on any atom is -0.481 e. The lowest BCUT2D eigenvalue weighted by atomic mass is 9.97. The van der Waals surface area contributed by atoms with E-state index in [2.05, 4.69) is 0 Å². The number of hydrogen-bond donors (Lipinski definition) is 2. The van der Waals surface area contributed by atoms with Crippen molar-refractivity contribution >= 4 is 47.1 Å². The summed E-state index contributed by atoms with van der Waals surface area (Å²) in [5.41, 5.74) is 0. The molecule has 0 aromatic rings. The van der Waals surface area contributed by atoms with Crippen molar-refractivity contribution in [2.24, 2.45) is 0 Å². The van der Waals surface area contributed by atoms with Crippen molar-refractivity contribution in [3.05, 3.63) is 0 Å². The molecule has 3 aliphatic heterocycles. The molecule has 0 bridgehead atoms. The smallest absolute Gasteiger partial charge is 0.346 e. The van der Waals surface area contributed by atoms with Crippen LogP contribution in [0.1, 0.15) is 32.6 Å². The first-order valence-corrected chi connectivity index (χ1v) is 15.6. The fourth-order valence-electron chi connectivity index (χ4n) is 5.03. The number of morpholine rings is 2. The van der Waals surface area contributed by atoms with E-state index in [0.717, 1.165) is 0 Å². The number of aliphatic carboxylic acids is 2. The SMILES string of the molecule is [B]C1CN(C(=O)CCC(=O)O)CC(COP(=O)(N2CCN(C(=O)CCC(=O)O)CC2)N2CC([B])OC(COCC)C2)O1.